The molecule has 0 aliphatic carbocycles. The number of nitrogens with one attached hydrogen (secondary N) is 1. The zero-order chi connectivity index (χ0) is 57.8. The summed E-state index contributed by atoms with van der Waals surface area (Å²) >= 11 is 20.3. The van der Waals surface area contributed by atoms with E-state index in [1.165, 1.54) is 34.6 Å². The van der Waals surface area contributed by atoms with Crippen LogP contribution >= 0.6 is 87.7 Å². The van der Waals surface area contributed by atoms with Gasteiger partial charge < -0.3 is 20.1 Å². The second-order valence-corrected chi connectivity index (χ2v) is 23.1. The van der Waals surface area contributed by atoms with Crippen LogP contribution in [-0.2, 0) is 19.4 Å². The Labute approximate surface area is 541 Å². The summed E-state index contributed by atoms with van der Waals surface area (Å²) in [6.07, 6.45) is 3.11. The molecule has 3 N–H and O–H groups in total. The third kappa shape index (κ3) is 16.0. The van der Waals surface area contributed by atoms with Gasteiger partial charge >= 0.3 is 35.6 Å². The van der Waals surface area contributed by atoms with Crippen LogP contribution < -0.4 is 39.4 Å². The number of Topliss-reactive ketones (excluding diaryl/α,β-unsaturated/α-hetero) is 2. The summed E-state index contributed by atoms with van der Waals surface area (Å²) < 4.78 is 39.1. The summed E-state index contributed by atoms with van der Waals surface area (Å²) in [6, 6.07) is 56.5. The Kier molecular flexibility index (Phi) is 24.3. The summed E-state index contributed by atoms with van der Waals surface area (Å²) in [5, 5.41) is 49.5. The third-order valence-electron chi connectivity index (χ3n) is 11.6. The molecule has 0 saturated heterocycles. The van der Waals surface area contributed by atoms with Crippen LogP contribution in [0, 0.1) is 4.77 Å². The first kappa shape index (κ1) is 66.0. The van der Waals surface area contributed by atoms with Gasteiger partial charge in [0.2, 0.25) is 33.5 Å². The molecule has 0 amide bonds. The van der Waals surface area contributed by atoms with Gasteiger partial charge in [-0.25, -0.2) is 13.0 Å². The number of carbonyl (C=O) groups is 2. The van der Waals surface area contributed by atoms with Gasteiger partial charge in [0.05, 0.1) is 22.7 Å². The topological polar surface area (TPSA) is 258 Å². The Bertz CT molecular complexity index is 4390. The maximum atomic E-state index is 11.8. The van der Waals surface area contributed by atoms with E-state index in [9.17, 15) is 23.1 Å². The molecule has 0 saturated carbocycles. The van der Waals surface area contributed by atoms with Gasteiger partial charge in [-0.15, -0.1) is 30.6 Å². The molecule has 0 aliphatic heterocycles. The molecule has 83 heavy (non-hydrogen) atoms. The Hall–Kier alpha value is -6.14. The number of hydrogen-bond donors (Lipinski definition) is 1. The second kappa shape index (κ2) is 30.6. The summed E-state index contributed by atoms with van der Waals surface area (Å²) in [4.78, 5) is 20.6. The van der Waals surface area contributed by atoms with Crippen molar-refractivity contribution in [2.45, 2.75) is 24.2 Å². The van der Waals surface area contributed by atoms with Gasteiger partial charge in [0.25, 0.3) is 5.16 Å². The van der Waals surface area contributed by atoms with Gasteiger partial charge in [0, 0.05) is 27.8 Å². The van der Waals surface area contributed by atoms with Gasteiger partial charge in [-0.05, 0) is 142 Å². The molecule has 0 radical (unpaired) electrons. The van der Waals surface area contributed by atoms with E-state index in [0.29, 0.717) is 19.0 Å². The van der Waals surface area contributed by atoms with Crippen LogP contribution in [0.2, 0.25) is 0 Å². The van der Waals surface area contributed by atoms with Gasteiger partial charge in [0.15, 0.2) is 10.9 Å². The summed E-state index contributed by atoms with van der Waals surface area (Å²) in [6.45, 7) is 2.12. The first-order chi connectivity index (χ1) is 39.0. The first-order valence-corrected chi connectivity index (χ1v) is 30.7. The van der Waals surface area contributed by atoms with E-state index in [1.54, 1.807) is 16.3 Å². The van der Waals surface area contributed by atoms with E-state index >= 15 is 0 Å². The van der Waals surface area contributed by atoms with Crippen LogP contribution in [0.3, 0.4) is 0 Å². The molecule has 12 rings (SSSR count). The molecule has 4 heterocycles. The number of ether oxygens (including phenoxy) is 1. The number of rotatable bonds is 10. The number of fused-ring (bicyclic) bond motifs is 4. The summed E-state index contributed by atoms with van der Waals surface area (Å²) in [7, 11) is -3.47. The Morgan fingerprint density at radius 1 is 0.542 bits per heavy atom. The van der Waals surface area contributed by atoms with E-state index < -0.39 is 16.4 Å². The fraction of sp³-hybridized carbons (Fsp3) is 0.107. The molecule has 27 heteroatoms. The number of carbonyl (C=O) groups excluding carboxylic acids is 2. The largest absolute Gasteiger partial charge is 1.00 e. The number of sulfone groups is 1. The molecular formula is C56H47Br4N12NaO7S3. The molecule has 8 aromatic carbocycles. The number of hydrogen-bond acceptors (Lipinski definition) is 15. The van der Waals surface area contributed by atoms with Gasteiger partial charge in [-0.1, -0.05) is 169 Å². The van der Waals surface area contributed by atoms with Gasteiger partial charge in [-0.2, -0.15) is 0 Å². The first-order valence-electron chi connectivity index (χ1n) is 24.0. The smallest absolute Gasteiger partial charge is 0.849 e. The molecule has 0 unspecified atom stereocenters. The van der Waals surface area contributed by atoms with Crippen molar-refractivity contribution < 1.29 is 62.9 Å². The average molecular weight is 1440 g/mol. The van der Waals surface area contributed by atoms with E-state index in [4.69, 9.17) is 17.0 Å². The molecule has 12 aromatic rings. The molecular weight excluding hydrogens is 1390 g/mol. The Morgan fingerprint density at radius 3 is 1.30 bits per heavy atom. The van der Waals surface area contributed by atoms with Crippen molar-refractivity contribution in [3.8, 4) is 28.8 Å². The fourth-order valence-electron chi connectivity index (χ4n) is 8.10. The zero-order valence-corrected chi connectivity index (χ0v) is 55.5. The molecule has 0 aliphatic rings. The van der Waals surface area contributed by atoms with Crippen molar-refractivity contribution in [1.29, 1.82) is 0 Å². The number of ketones is 2. The number of H-pyrrole nitrogens is 1. The Balaban J connectivity index is 0.000000172. The molecule has 4 aromatic heterocycles. The van der Waals surface area contributed by atoms with E-state index in [1.807, 2.05) is 143 Å². The standard InChI is InChI=1S/C15H12BrN3O2.C13H10BrN3O2S.C13H10BrN3S.C12H8BrN3S.C3H5O2.Na.H2O/c1-10(20)9-21-15-18-17-14(16)19(15)13-8-4-6-11-5-2-3-7-12(11)13;1-20(18,19)13-16-15-12(14)17(13)11-8-4-6-9-5-2-3-7-10(9)11;1-18-13-16-15-12(14)17(13)11-8-4-6-9-5-2-3-7-10(9)11;13-11-14-15-12(17)16(11)10-7-3-5-8-4-1-2-6-9(8)10;1-3(5)2-4;;/h2-8H,9H2,1H3;2-8H,1H3;2-8H,1H3;1-7H,(H,15,17);2H2,1H3;;1H2/q;;;;-1;+1;. The van der Waals surface area contributed by atoms with Crippen LogP contribution in [0.5, 0.6) is 6.01 Å². The van der Waals surface area contributed by atoms with Crippen molar-refractivity contribution in [3.63, 3.8) is 0 Å². The van der Waals surface area contributed by atoms with Crippen molar-refractivity contribution in [2.75, 3.05) is 25.7 Å². The minimum absolute atomic E-state index is 0. The van der Waals surface area contributed by atoms with Crippen molar-refractivity contribution in [1.82, 2.24) is 59.1 Å². The normalized spacial score (nSPS) is 10.7. The number of benzene rings is 8. The van der Waals surface area contributed by atoms with Gasteiger partial charge in [-0.3, -0.25) is 23.6 Å². The van der Waals surface area contributed by atoms with E-state index in [2.05, 4.69) is 147 Å². The Morgan fingerprint density at radius 2 is 0.904 bits per heavy atom. The second-order valence-electron chi connectivity index (χ2n) is 17.2. The number of nitrogens with zero attached hydrogens (tertiary/aromatic N) is 11. The van der Waals surface area contributed by atoms with Gasteiger partial charge in [0.1, 0.15) is 12.4 Å². The molecule has 420 valence electrons. The molecule has 0 fully saturated rings. The van der Waals surface area contributed by atoms with Crippen molar-refractivity contribution in [3.05, 3.63) is 194 Å². The quantitative estimate of drug-likeness (QED) is 0.0764. The molecule has 0 bridgehead atoms. The minimum atomic E-state index is -3.47. The maximum absolute atomic E-state index is 11.8. The van der Waals surface area contributed by atoms with Crippen LogP contribution in [-0.4, -0.2) is 110 Å². The summed E-state index contributed by atoms with van der Waals surface area (Å²) in [5.41, 5.74) is 3.73. The zero-order valence-electron chi connectivity index (χ0n) is 44.7. The van der Waals surface area contributed by atoms with Crippen molar-refractivity contribution >= 4 is 152 Å². The van der Waals surface area contributed by atoms with E-state index in [-0.39, 0.29) is 64.4 Å². The molecule has 19 nitrogen and oxygen atoms in total. The third-order valence-corrected chi connectivity index (χ3v) is 15.5. The van der Waals surface area contributed by atoms with E-state index in [0.717, 1.165) is 65.8 Å². The monoisotopic (exact) mass is 1430 g/mol. The predicted octanol–water partition coefficient (Wildman–Crippen LogP) is 8.60. The number of halogens is 4. The van der Waals surface area contributed by atoms with Crippen molar-refractivity contribution in [2.24, 2.45) is 0 Å². The van der Waals surface area contributed by atoms with Crippen LogP contribution in [0.4, 0.5) is 0 Å². The molecule has 0 spiro atoms. The van der Waals surface area contributed by atoms with Crippen LogP contribution in [0.1, 0.15) is 13.8 Å². The fourth-order valence-corrected chi connectivity index (χ4v) is 11.6. The number of aromatic amines is 1. The SMILES string of the molecule is CC(=O)COc1nnc(Br)n1-c1cccc2ccccc12.CC(=O)C[O-].CS(=O)(=O)c1nnc(Br)n1-c1cccc2ccccc12.CSc1nnc(Br)n1-c1cccc2ccccc12.O.S=c1[nH]nc(Br)n1-c1cccc2ccccc12.[Na+]. The minimum Gasteiger partial charge on any atom is -0.849 e. The maximum Gasteiger partial charge on any atom is 1.00 e. The van der Waals surface area contributed by atoms with Crippen LogP contribution in [0.15, 0.2) is 199 Å². The summed E-state index contributed by atoms with van der Waals surface area (Å²) in [5.74, 6) is -0.372. The number of aromatic nitrogens is 12. The predicted molar refractivity (Wildman–Crippen MR) is 334 cm³/mol. The average Bonchev–Trinajstić information content (AvgIpc) is 4.36. The number of thioether (sulfide) groups is 1. The molecule has 0 atom stereocenters. The van der Waals surface area contributed by atoms with Crippen LogP contribution in [0.25, 0.3) is 65.8 Å².